The van der Waals surface area contributed by atoms with Gasteiger partial charge in [-0.3, -0.25) is 4.52 Å². The van der Waals surface area contributed by atoms with E-state index in [0.717, 1.165) is 32.1 Å². The maximum atomic E-state index is 11.3. The SMILES string of the molecule is CCCCCNP(=O)(O)OCCCC. The summed E-state index contributed by atoms with van der Waals surface area (Å²) < 4.78 is 16.1. The smallest absolute Gasteiger partial charge is 0.312 e. The van der Waals surface area contributed by atoms with Gasteiger partial charge in [-0.25, -0.2) is 9.65 Å². The molecule has 86 valence electrons. The molecule has 0 heterocycles. The lowest BCUT2D eigenvalue weighted by molar-refractivity contribution is 0.245. The van der Waals surface area contributed by atoms with Crippen molar-refractivity contribution in [1.29, 1.82) is 0 Å². The van der Waals surface area contributed by atoms with Gasteiger partial charge in [-0.05, 0) is 12.8 Å². The lowest BCUT2D eigenvalue weighted by atomic mass is 10.3. The van der Waals surface area contributed by atoms with Crippen LogP contribution in [0.5, 0.6) is 0 Å². The second-order valence-corrected chi connectivity index (χ2v) is 4.94. The van der Waals surface area contributed by atoms with Crippen LogP contribution in [0.1, 0.15) is 46.0 Å². The summed E-state index contributed by atoms with van der Waals surface area (Å²) in [7, 11) is -3.51. The third-order valence-corrected chi connectivity index (χ3v) is 3.01. The van der Waals surface area contributed by atoms with Crippen LogP contribution in [0.25, 0.3) is 0 Å². The molecule has 5 heteroatoms. The average Bonchev–Trinajstić information content (AvgIpc) is 2.13. The number of rotatable bonds is 9. The maximum absolute atomic E-state index is 11.3. The predicted molar refractivity (Wildman–Crippen MR) is 58.2 cm³/mol. The van der Waals surface area contributed by atoms with Gasteiger partial charge in [0.2, 0.25) is 0 Å². The summed E-state index contributed by atoms with van der Waals surface area (Å²) in [5, 5.41) is 2.54. The highest BCUT2D eigenvalue weighted by atomic mass is 31.2. The fourth-order valence-corrected chi connectivity index (χ4v) is 1.88. The molecule has 14 heavy (non-hydrogen) atoms. The maximum Gasteiger partial charge on any atom is 0.402 e. The van der Waals surface area contributed by atoms with Crippen LogP contribution in [0, 0.1) is 0 Å². The van der Waals surface area contributed by atoms with Gasteiger partial charge in [0.15, 0.2) is 0 Å². The molecule has 0 saturated carbocycles. The summed E-state index contributed by atoms with van der Waals surface area (Å²) in [4.78, 5) is 9.26. The van der Waals surface area contributed by atoms with Crippen LogP contribution in [-0.4, -0.2) is 18.0 Å². The summed E-state index contributed by atoms with van der Waals surface area (Å²) in [5.74, 6) is 0. The molecule has 1 unspecified atom stereocenters. The molecule has 0 bridgehead atoms. The molecule has 0 aromatic rings. The standard InChI is InChI=1S/C9H22NO3P/c1-3-5-7-8-10-14(11,12)13-9-6-4-2/h3-9H2,1-2H3,(H2,10,11,12). The number of hydrogen-bond donors (Lipinski definition) is 2. The Kier molecular flexibility index (Phi) is 8.49. The van der Waals surface area contributed by atoms with E-state index in [1.54, 1.807) is 0 Å². The normalized spacial score (nSPS) is 15.4. The van der Waals surface area contributed by atoms with Crippen LogP contribution >= 0.6 is 7.75 Å². The van der Waals surface area contributed by atoms with Gasteiger partial charge >= 0.3 is 7.75 Å². The number of unbranched alkanes of at least 4 members (excludes halogenated alkanes) is 3. The minimum absolute atomic E-state index is 0.352. The van der Waals surface area contributed by atoms with E-state index in [4.69, 9.17) is 4.52 Å². The first-order chi connectivity index (χ1) is 6.62. The van der Waals surface area contributed by atoms with Crippen LogP contribution in [-0.2, 0) is 9.09 Å². The fraction of sp³-hybridized carbons (Fsp3) is 1.00. The van der Waals surface area contributed by atoms with Crippen molar-refractivity contribution in [2.45, 2.75) is 46.0 Å². The Balaban J connectivity index is 3.46. The Morgan fingerprint density at radius 1 is 1.21 bits per heavy atom. The van der Waals surface area contributed by atoms with Crippen LogP contribution in [0.15, 0.2) is 0 Å². The first-order valence-electron chi connectivity index (χ1n) is 5.35. The monoisotopic (exact) mass is 223 g/mol. The molecule has 0 aliphatic carbocycles. The molecule has 0 fully saturated rings. The Hall–Kier alpha value is 0.110. The lowest BCUT2D eigenvalue weighted by Crippen LogP contribution is -2.14. The molecule has 0 spiro atoms. The van der Waals surface area contributed by atoms with Crippen molar-refractivity contribution in [1.82, 2.24) is 5.09 Å². The Morgan fingerprint density at radius 2 is 1.86 bits per heavy atom. The Labute approximate surface area is 86.6 Å². The molecule has 0 radical (unpaired) electrons. The molecule has 0 amide bonds. The fourth-order valence-electron chi connectivity index (χ4n) is 0.974. The largest absolute Gasteiger partial charge is 0.402 e. The molecule has 2 N–H and O–H groups in total. The van der Waals surface area contributed by atoms with E-state index in [2.05, 4.69) is 12.0 Å². The average molecular weight is 223 g/mol. The molecule has 0 rings (SSSR count). The second-order valence-electron chi connectivity index (χ2n) is 3.32. The van der Waals surface area contributed by atoms with Crippen molar-refractivity contribution in [2.24, 2.45) is 0 Å². The van der Waals surface area contributed by atoms with Gasteiger partial charge in [-0.1, -0.05) is 33.1 Å². The van der Waals surface area contributed by atoms with E-state index in [-0.39, 0.29) is 0 Å². The van der Waals surface area contributed by atoms with Crippen molar-refractivity contribution in [3.8, 4) is 0 Å². The highest BCUT2D eigenvalue weighted by Gasteiger charge is 2.16. The molecule has 1 atom stereocenters. The third kappa shape index (κ3) is 8.70. The number of nitrogens with one attached hydrogen (secondary N) is 1. The zero-order chi connectivity index (χ0) is 10.9. The highest BCUT2D eigenvalue weighted by Crippen LogP contribution is 2.36. The topological polar surface area (TPSA) is 58.6 Å². The molecular formula is C9H22NO3P. The van der Waals surface area contributed by atoms with Crippen LogP contribution in [0.2, 0.25) is 0 Å². The summed E-state index contributed by atoms with van der Waals surface area (Å²) in [5.41, 5.74) is 0. The van der Waals surface area contributed by atoms with E-state index in [0.29, 0.717) is 13.2 Å². The van der Waals surface area contributed by atoms with Gasteiger partial charge in [-0.2, -0.15) is 0 Å². The minimum Gasteiger partial charge on any atom is -0.312 e. The van der Waals surface area contributed by atoms with Crippen LogP contribution in [0.3, 0.4) is 0 Å². The lowest BCUT2D eigenvalue weighted by Gasteiger charge is -2.12. The second kappa shape index (κ2) is 8.42. The Morgan fingerprint density at radius 3 is 2.43 bits per heavy atom. The zero-order valence-corrected chi connectivity index (χ0v) is 10.1. The van der Waals surface area contributed by atoms with E-state index < -0.39 is 7.75 Å². The van der Waals surface area contributed by atoms with E-state index in [1.165, 1.54) is 0 Å². The molecular weight excluding hydrogens is 201 g/mol. The molecule has 0 aliphatic rings. The van der Waals surface area contributed by atoms with Crippen molar-refractivity contribution < 1.29 is 14.0 Å². The zero-order valence-electron chi connectivity index (χ0n) is 9.16. The highest BCUT2D eigenvalue weighted by molar-refractivity contribution is 7.50. The van der Waals surface area contributed by atoms with E-state index in [9.17, 15) is 9.46 Å². The first kappa shape index (κ1) is 14.1. The minimum atomic E-state index is -3.51. The van der Waals surface area contributed by atoms with Crippen molar-refractivity contribution in [3.05, 3.63) is 0 Å². The van der Waals surface area contributed by atoms with Crippen LogP contribution in [0.4, 0.5) is 0 Å². The quantitative estimate of drug-likeness (QED) is 0.466. The Bertz CT molecular complexity index is 175. The van der Waals surface area contributed by atoms with Gasteiger partial charge < -0.3 is 4.89 Å². The van der Waals surface area contributed by atoms with Crippen LogP contribution < -0.4 is 5.09 Å². The summed E-state index contributed by atoms with van der Waals surface area (Å²) in [6.45, 7) is 5.01. The van der Waals surface area contributed by atoms with Gasteiger partial charge in [0.05, 0.1) is 6.61 Å². The number of hydrogen-bond acceptors (Lipinski definition) is 2. The van der Waals surface area contributed by atoms with Crippen molar-refractivity contribution in [2.75, 3.05) is 13.2 Å². The molecule has 4 nitrogen and oxygen atoms in total. The van der Waals surface area contributed by atoms with Gasteiger partial charge in [0.25, 0.3) is 0 Å². The predicted octanol–water partition coefficient (Wildman–Crippen LogP) is 2.68. The van der Waals surface area contributed by atoms with E-state index in [1.807, 2.05) is 6.92 Å². The first-order valence-corrected chi connectivity index (χ1v) is 6.92. The van der Waals surface area contributed by atoms with E-state index >= 15 is 0 Å². The summed E-state index contributed by atoms with van der Waals surface area (Å²) >= 11 is 0. The molecule has 0 aromatic heterocycles. The summed E-state index contributed by atoms with van der Waals surface area (Å²) in [6, 6.07) is 0. The molecule has 0 aliphatic heterocycles. The molecule has 0 saturated heterocycles. The van der Waals surface area contributed by atoms with Gasteiger partial charge in [0, 0.05) is 6.54 Å². The molecule has 0 aromatic carbocycles. The van der Waals surface area contributed by atoms with Gasteiger partial charge in [-0.15, -0.1) is 0 Å². The van der Waals surface area contributed by atoms with Crippen molar-refractivity contribution in [3.63, 3.8) is 0 Å². The van der Waals surface area contributed by atoms with Gasteiger partial charge in [0.1, 0.15) is 0 Å². The third-order valence-electron chi connectivity index (χ3n) is 1.86. The summed E-state index contributed by atoms with van der Waals surface area (Å²) in [6.07, 6.45) is 4.88. The van der Waals surface area contributed by atoms with Crippen molar-refractivity contribution >= 4 is 7.75 Å².